The van der Waals surface area contributed by atoms with Crippen LogP contribution in [-0.2, 0) is 9.59 Å². The van der Waals surface area contributed by atoms with Gasteiger partial charge in [-0.05, 0) is 84.2 Å². The van der Waals surface area contributed by atoms with Crippen molar-refractivity contribution in [1.29, 1.82) is 0 Å². The topological polar surface area (TPSA) is 64.1 Å². The van der Waals surface area contributed by atoms with Crippen molar-refractivity contribution in [1.82, 2.24) is 14.7 Å². The highest BCUT2D eigenvalue weighted by Crippen LogP contribution is 2.34. The molecule has 1 saturated carbocycles. The molecule has 1 aliphatic carbocycles. The highest BCUT2D eigenvalue weighted by molar-refractivity contribution is 5.76. The van der Waals surface area contributed by atoms with E-state index in [0.717, 1.165) is 104 Å². The summed E-state index contributed by atoms with van der Waals surface area (Å²) in [5.74, 6) is 1.19. The lowest BCUT2D eigenvalue weighted by Gasteiger charge is -2.40. The standard InChI is InChI=1S/C64H127N3O3/c1-6-10-14-18-22-26-36-46-56-66(57-47-37-27-23-19-15-11-7-2)62(68)51-40-32-30-34-44-54-65(60-61-50-42-43-53-64(61,5)70)55-45-35-31-33-41-52-63(69)67(58-48-38-28-24-20-16-12-8-3)59-49-39-29-25-21-17-13-9-4/h61,70H,6-60H2,1-5H3/t61-,64?/m1/s1. The van der Waals surface area contributed by atoms with Gasteiger partial charge in [-0.3, -0.25) is 9.59 Å². The first kappa shape index (κ1) is 66.9. The van der Waals surface area contributed by atoms with E-state index >= 15 is 0 Å². The number of nitrogens with zero attached hydrogens (tertiary/aromatic N) is 3. The minimum absolute atomic E-state index is 0.373. The molecule has 0 aromatic rings. The van der Waals surface area contributed by atoms with Crippen molar-refractivity contribution in [2.45, 2.75) is 348 Å². The Kier molecular flexibility index (Phi) is 47.8. The molecule has 6 heteroatoms. The number of amides is 2. The van der Waals surface area contributed by atoms with Crippen LogP contribution in [0.25, 0.3) is 0 Å². The third kappa shape index (κ3) is 40.3. The molecule has 70 heavy (non-hydrogen) atoms. The van der Waals surface area contributed by atoms with Gasteiger partial charge in [-0.1, -0.05) is 259 Å². The van der Waals surface area contributed by atoms with E-state index in [9.17, 15) is 14.7 Å². The van der Waals surface area contributed by atoms with E-state index in [-0.39, 0.29) is 0 Å². The predicted molar refractivity (Wildman–Crippen MR) is 308 cm³/mol. The largest absolute Gasteiger partial charge is 0.390 e. The highest BCUT2D eigenvalue weighted by atomic mass is 16.3. The molecule has 6 nitrogen and oxygen atoms in total. The number of rotatable bonds is 54. The summed E-state index contributed by atoms with van der Waals surface area (Å²) < 4.78 is 0. The van der Waals surface area contributed by atoms with Crippen molar-refractivity contribution in [3.63, 3.8) is 0 Å². The first-order chi connectivity index (χ1) is 34.3. The minimum Gasteiger partial charge on any atom is -0.390 e. The normalized spacial score (nSPS) is 16.1. The molecule has 0 aromatic heterocycles. The molecule has 0 heterocycles. The zero-order chi connectivity index (χ0) is 50.9. The van der Waals surface area contributed by atoms with Crippen LogP contribution in [0, 0.1) is 5.92 Å². The third-order valence-corrected chi connectivity index (χ3v) is 16.4. The minimum atomic E-state index is -0.539. The fourth-order valence-electron chi connectivity index (χ4n) is 11.4. The maximum atomic E-state index is 13.5. The van der Waals surface area contributed by atoms with Gasteiger partial charge in [-0.2, -0.15) is 0 Å². The molecule has 1 aliphatic rings. The summed E-state index contributed by atoms with van der Waals surface area (Å²) in [5.41, 5.74) is -0.539. The molecule has 0 aromatic carbocycles. The number of hydrogen-bond donors (Lipinski definition) is 1. The summed E-state index contributed by atoms with van der Waals surface area (Å²) in [5, 5.41) is 11.3. The Labute approximate surface area is 439 Å². The van der Waals surface area contributed by atoms with Gasteiger partial charge >= 0.3 is 0 Å². The number of carbonyl (C=O) groups excluding carboxylic acids is 2. The van der Waals surface area contributed by atoms with Gasteiger partial charge in [0.1, 0.15) is 0 Å². The molecule has 0 aliphatic heterocycles. The van der Waals surface area contributed by atoms with Crippen LogP contribution in [0.3, 0.4) is 0 Å². The van der Waals surface area contributed by atoms with E-state index in [0.29, 0.717) is 17.7 Å². The zero-order valence-corrected chi connectivity index (χ0v) is 48.6. The van der Waals surface area contributed by atoms with Crippen LogP contribution in [0.4, 0.5) is 0 Å². The molecule has 0 spiro atoms. The van der Waals surface area contributed by atoms with Crippen molar-refractivity contribution < 1.29 is 14.7 Å². The van der Waals surface area contributed by atoms with Crippen LogP contribution in [-0.4, -0.2) is 83.0 Å². The van der Waals surface area contributed by atoms with Crippen LogP contribution in [0.5, 0.6) is 0 Å². The fourth-order valence-corrected chi connectivity index (χ4v) is 11.4. The number of unbranched alkanes of at least 4 members (excludes halogenated alkanes) is 36. The summed E-state index contributed by atoms with van der Waals surface area (Å²) in [6.45, 7) is 18.4. The molecule has 1 fully saturated rings. The van der Waals surface area contributed by atoms with E-state index in [1.165, 1.54) is 250 Å². The van der Waals surface area contributed by atoms with Crippen LogP contribution in [0.2, 0.25) is 0 Å². The van der Waals surface area contributed by atoms with E-state index in [1.807, 2.05) is 0 Å². The van der Waals surface area contributed by atoms with Crippen molar-refractivity contribution >= 4 is 11.8 Å². The first-order valence-corrected chi connectivity index (χ1v) is 32.3. The molecule has 416 valence electrons. The first-order valence-electron chi connectivity index (χ1n) is 32.3. The summed E-state index contributed by atoms with van der Waals surface area (Å²) in [6, 6.07) is 0. The summed E-state index contributed by atoms with van der Waals surface area (Å²) in [7, 11) is 0. The zero-order valence-electron chi connectivity index (χ0n) is 48.6. The summed E-state index contributed by atoms with van der Waals surface area (Å²) in [4.78, 5) is 34.2. The Morgan fingerprint density at radius 2 is 0.629 bits per heavy atom. The molecule has 1 unspecified atom stereocenters. The third-order valence-electron chi connectivity index (χ3n) is 16.4. The summed E-state index contributed by atoms with van der Waals surface area (Å²) in [6.07, 6.45) is 59.8. The smallest absolute Gasteiger partial charge is 0.222 e. The van der Waals surface area contributed by atoms with Crippen LogP contribution in [0.1, 0.15) is 343 Å². The van der Waals surface area contributed by atoms with E-state index in [4.69, 9.17) is 0 Å². The molecule has 1 N–H and O–H groups in total. The molecular weight excluding hydrogens is 859 g/mol. The molecular formula is C64H127N3O3. The van der Waals surface area contributed by atoms with Crippen molar-refractivity contribution in [3.8, 4) is 0 Å². The maximum absolute atomic E-state index is 13.5. The van der Waals surface area contributed by atoms with Gasteiger partial charge < -0.3 is 19.8 Å². The lowest BCUT2D eigenvalue weighted by atomic mass is 9.76. The van der Waals surface area contributed by atoms with Gasteiger partial charge in [0.15, 0.2) is 0 Å². The Morgan fingerprint density at radius 1 is 0.371 bits per heavy atom. The van der Waals surface area contributed by atoms with Gasteiger partial charge in [0.2, 0.25) is 11.8 Å². The molecule has 1 rings (SSSR count). The van der Waals surface area contributed by atoms with Crippen molar-refractivity contribution in [3.05, 3.63) is 0 Å². The Hall–Kier alpha value is -1.14. The van der Waals surface area contributed by atoms with Gasteiger partial charge in [0, 0.05) is 51.5 Å². The quantitative estimate of drug-likeness (QED) is 0.0617. The van der Waals surface area contributed by atoms with E-state index < -0.39 is 5.60 Å². The lowest BCUT2D eigenvalue weighted by molar-refractivity contribution is -0.132. The average Bonchev–Trinajstić information content (AvgIpc) is 3.35. The van der Waals surface area contributed by atoms with Crippen LogP contribution in [0.15, 0.2) is 0 Å². The van der Waals surface area contributed by atoms with Crippen molar-refractivity contribution in [2.24, 2.45) is 5.92 Å². The lowest BCUT2D eigenvalue weighted by Crippen LogP contribution is -2.45. The summed E-state index contributed by atoms with van der Waals surface area (Å²) >= 11 is 0. The Bertz CT molecular complexity index is 1000. The second kappa shape index (κ2) is 50.0. The van der Waals surface area contributed by atoms with Crippen molar-refractivity contribution in [2.75, 3.05) is 45.8 Å². The van der Waals surface area contributed by atoms with Gasteiger partial charge in [-0.25, -0.2) is 0 Å². The molecule has 2 amide bonds. The monoisotopic (exact) mass is 986 g/mol. The van der Waals surface area contributed by atoms with Crippen LogP contribution < -0.4 is 0 Å². The highest BCUT2D eigenvalue weighted by Gasteiger charge is 2.35. The van der Waals surface area contributed by atoms with Gasteiger partial charge in [0.05, 0.1) is 5.60 Å². The molecule has 2 atom stereocenters. The second-order valence-corrected chi connectivity index (χ2v) is 23.3. The maximum Gasteiger partial charge on any atom is 0.222 e. The average molecular weight is 987 g/mol. The van der Waals surface area contributed by atoms with Gasteiger partial charge in [-0.15, -0.1) is 0 Å². The molecule has 0 saturated heterocycles. The SMILES string of the molecule is CCCCCCCCCCN(CCCCCCCCCC)C(=O)CCCCCCCN(CCCCCCCC(=O)N(CCCCCCCCCC)CCCCCCCCCC)C[C@H]1CCCCC1(C)O. The predicted octanol–water partition coefficient (Wildman–Crippen LogP) is 19.1. The molecule has 0 radical (unpaired) electrons. The Morgan fingerprint density at radius 3 is 0.914 bits per heavy atom. The number of hydrogen-bond acceptors (Lipinski definition) is 4. The fraction of sp³-hybridized carbons (Fsp3) is 0.969. The number of aliphatic hydroxyl groups is 1. The second-order valence-electron chi connectivity index (χ2n) is 23.3. The van der Waals surface area contributed by atoms with E-state index in [2.05, 4.69) is 49.3 Å². The van der Waals surface area contributed by atoms with Crippen LogP contribution >= 0.6 is 0 Å². The van der Waals surface area contributed by atoms with Gasteiger partial charge in [0.25, 0.3) is 0 Å². The Balaban J connectivity index is 2.52. The number of carbonyl (C=O) groups is 2. The molecule has 0 bridgehead atoms. The van der Waals surface area contributed by atoms with E-state index in [1.54, 1.807) is 0 Å².